The van der Waals surface area contributed by atoms with Crippen molar-refractivity contribution in [3.05, 3.63) is 33.9 Å². The van der Waals surface area contributed by atoms with Crippen molar-refractivity contribution in [1.29, 1.82) is 0 Å². The second kappa shape index (κ2) is 6.54. The van der Waals surface area contributed by atoms with Crippen LogP contribution >= 0.6 is 0 Å². The number of nitrogens with two attached hydrogens (primary N) is 1. The van der Waals surface area contributed by atoms with Crippen molar-refractivity contribution >= 4 is 17.3 Å². The molecule has 1 unspecified atom stereocenters. The molecule has 1 aromatic rings. The van der Waals surface area contributed by atoms with Crippen molar-refractivity contribution < 1.29 is 9.72 Å². The second-order valence-electron chi connectivity index (χ2n) is 6.33. The number of nitrogens with zero attached hydrogens (tertiary/aromatic N) is 3. The summed E-state index contributed by atoms with van der Waals surface area (Å²) in [4.78, 5) is 27.5. The molecule has 3 rings (SSSR count). The summed E-state index contributed by atoms with van der Waals surface area (Å²) in [5, 5.41) is 11.0. The normalized spacial score (nSPS) is 21.7. The minimum atomic E-state index is -0.544. The number of nitro groups is 1. The SMILES string of the molecule is Nc1ccc(C(=O)N2CCCC2CN2CCCC2)cc1[N+](=O)[O-]. The van der Waals surface area contributed by atoms with Crippen molar-refractivity contribution in [2.45, 2.75) is 31.7 Å². The van der Waals surface area contributed by atoms with Crippen LogP contribution in [0.2, 0.25) is 0 Å². The maximum atomic E-state index is 12.8. The number of anilines is 1. The molecule has 0 spiro atoms. The second-order valence-corrected chi connectivity index (χ2v) is 6.33. The summed E-state index contributed by atoms with van der Waals surface area (Å²) >= 11 is 0. The summed E-state index contributed by atoms with van der Waals surface area (Å²) in [6.45, 7) is 3.83. The first-order valence-electron chi connectivity index (χ1n) is 8.13. The van der Waals surface area contributed by atoms with E-state index < -0.39 is 4.92 Å². The minimum absolute atomic E-state index is 0.0848. The van der Waals surface area contributed by atoms with Gasteiger partial charge in [-0.3, -0.25) is 14.9 Å². The highest BCUT2D eigenvalue weighted by atomic mass is 16.6. The molecule has 0 radical (unpaired) electrons. The Labute approximate surface area is 135 Å². The van der Waals surface area contributed by atoms with E-state index in [1.54, 1.807) is 6.07 Å². The van der Waals surface area contributed by atoms with Gasteiger partial charge in [0.1, 0.15) is 5.69 Å². The van der Waals surface area contributed by atoms with E-state index in [0.717, 1.165) is 39.0 Å². The average Bonchev–Trinajstić information content (AvgIpc) is 3.19. The zero-order valence-electron chi connectivity index (χ0n) is 13.1. The van der Waals surface area contributed by atoms with Crippen molar-refractivity contribution in [2.75, 3.05) is 31.9 Å². The van der Waals surface area contributed by atoms with E-state index in [9.17, 15) is 14.9 Å². The molecule has 2 aliphatic rings. The van der Waals surface area contributed by atoms with E-state index in [-0.39, 0.29) is 23.3 Å². The summed E-state index contributed by atoms with van der Waals surface area (Å²) in [7, 11) is 0. The molecule has 0 aromatic heterocycles. The number of hydrogen-bond acceptors (Lipinski definition) is 5. The molecule has 0 aliphatic carbocycles. The predicted octanol–water partition coefficient (Wildman–Crippen LogP) is 1.88. The van der Waals surface area contributed by atoms with Gasteiger partial charge in [-0.05, 0) is 50.9 Å². The Hall–Kier alpha value is -2.15. The number of nitrogen functional groups attached to an aromatic ring is 1. The topological polar surface area (TPSA) is 92.7 Å². The summed E-state index contributed by atoms with van der Waals surface area (Å²) in [6.07, 6.45) is 4.44. The predicted molar refractivity (Wildman–Crippen MR) is 87.2 cm³/mol. The maximum Gasteiger partial charge on any atom is 0.292 e. The molecule has 1 atom stereocenters. The molecule has 23 heavy (non-hydrogen) atoms. The number of carbonyl (C=O) groups is 1. The van der Waals surface area contributed by atoms with E-state index in [0.29, 0.717) is 5.56 Å². The van der Waals surface area contributed by atoms with E-state index >= 15 is 0 Å². The highest BCUT2D eigenvalue weighted by molar-refractivity contribution is 5.96. The zero-order chi connectivity index (χ0) is 16.4. The van der Waals surface area contributed by atoms with E-state index in [1.807, 2.05) is 4.90 Å². The molecule has 2 heterocycles. The number of nitro benzene ring substituents is 1. The van der Waals surface area contributed by atoms with Gasteiger partial charge in [-0.2, -0.15) is 0 Å². The van der Waals surface area contributed by atoms with Crippen LogP contribution in [0.25, 0.3) is 0 Å². The highest BCUT2D eigenvalue weighted by Gasteiger charge is 2.32. The van der Waals surface area contributed by atoms with E-state index in [1.165, 1.54) is 25.0 Å². The van der Waals surface area contributed by atoms with Crippen molar-refractivity contribution in [2.24, 2.45) is 0 Å². The molecular weight excluding hydrogens is 296 g/mol. The lowest BCUT2D eigenvalue weighted by Gasteiger charge is -2.28. The van der Waals surface area contributed by atoms with Crippen LogP contribution in [-0.2, 0) is 0 Å². The molecule has 2 aliphatic heterocycles. The average molecular weight is 318 g/mol. The van der Waals surface area contributed by atoms with Crippen LogP contribution < -0.4 is 5.73 Å². The van der Waals surface area contributed by atoms with Crippen LogP contribution in [0.5, 0.6) is 0 Å². The third-order valence-electron chi connectivity index (χ3n) is 4.78. The molecule has 7 heteroatoms. The zero-order valence-corrected chi connectivity index (χ0v) is 13.1. The summed E-state index contributed by atoms with van der Waals surface area (Å²) in [5.74, 6) is -0.130. The Kier molecular flexibility index (Phi) is 4.47. The fourth-order valence-corrected chi connectivity index (χ4v) is 3.56. The van der Waals surface area contributed by atoms with Crippen LogP contribution in [0.4, 0.5) is 11.4 Å². The van der Waals surface area contributed by atoms with E-state index in [2.05, 4.69) is 4.90 Å². The van der Waals surface area contributed by atoms with Gasteiger partial charge >= 0.3 is 0 Å². The van der Waals surface area contributed by atoms with Gasteiger partial charge in [0.2, 0.25) is 0 Å². The summed E-state index contributed by atoms with van der Waals surface area (Å²) < 4.78 is 0. The lowest BCUT2D eigenvalue weighted by molar-refractivity contribution is -0.383. The smallest absolute Gasteiger partial charge is 0.292 e. The molecule has 2 saturated heterocycles. The van der Waals surface area contributed by atoms with E-state index in [4.69, 9.17) is 5.73 Å². The third-order valence-corrected chi connectivity index (χ3v) is 4.78. The van der Waals surface area contributed by atoms with Crippen LogP contribution in [0.3, 0.4) is 0 Å². The Morgan fingerprint density at radius 3 is 2.70 bits per heavy atom. The van der Waals surface area contributed by atoms with Gasteiger partial charge in [0.25, 0.3) is 11.6 Å². The van der Waals surface area contributed by atoms with Gasteiger partial charge in [0.05, 0.1) is 4.92 Å². The molecule has 124 valence electrons. The van der Waals surface area contributed by atoms with Gasteiger partial charge in [-0.1, -0.05) is 0 Å². The molecule has 7 nitrogen and oxygen atoms in total. The van der Waals surface area contributed by atoms with Crippen molar-refractivity contribution in [3.63, 3.8) is 0 Å². The summed E-state index contributed by atoms with van der Waals surface area (Å²) in [5.41, 5.74) is 5.84. The van der Waals surface area contributed by atoms with Gasteiger partial charge in [-0.15, -0.1) is 0 Å². The Balaban J connectivity index is 1.75. The number of amides is 1. The van der Waals surface area contributed by atoms with Crippen LogP contribution in [0.15, 0.2) is 18.2 Å². The fraction of sp³-hybridized carbons (Fsp3) is 0.562. The lowest BCUT2D eigenvalue weighted by Crippen LogP contribution is -2.42. The van der Waals surface area contributed by atoms with Crippen LogP contribution in [0, 0.1) is 10.1 Å². The van der Waals surface area contributed by atoms with Gasteiger partial charge < -0.3 is 15.5 Å². The number of carbonyl (C=O) groups excluding carboxylic acids is 1. The first-order valence-corrected chi connectivity index (χ1v) is 8.13. The summed E-state index contributed by atoms with van der Waals surface area (Å²) in [6, 6.07) is 4.52. The molecule has 0 saturated carbocycles. The van der Waals surface area contributed by atoms with Crippen LogP contribution in [0.1, 0.15) is 36.0 Å². The highest BCUT2D eigenvalue weighted by Crippen LogP contribution is 2.26. The molecule has 0 bridgehead atoms. The number of benzene rings is 1. The van der Waals surface area contributed by atoms with Gasteiger partial charge in [0.15, 0.2) is 0 Å². The molecule has 2 N–H and O–H groups in total. The third kappa shape index (κ3) is 3.29. The molecule has 1 amide bonds. The largest absolute Gasteiger partial charge is 0.393 e. The first kappa shape index (κ1) is 15.7. The Morgan fingerprint density at radius 1 is 1.26 bits per heavy atom. The number of likely N-dealkylation sites (tertiary alicyclic amines) is 2. The first-order chi connectivity index (χ1) is 11.1. The fourth-order valence-electron chi connectivity index (χ4n) is 3.56. The molecule has 1 aromatic carbocycles. The quantitative estimate of drug-likeness (QED) is 0.520. The maximum absolute atomic E-state index is 12.8. The van der Waals surface area contributed by atoms with Crippen molar-refractivity contribution in [3.8, 4) is 0 Å². The van der Waals surface area contributed by atoms with Crippen LogP contribution in [-0.4, -0.2) is 52.9 Å². The monoisotopic (exact) mass is 318 g/mol. The standard InChI is InChI=1S/C16H22N4O3/c17-14-6-5-12(10-15(14)20(22)23)16(21)19-9-3-4-13(19)11-18-7-1-2-8-18/h5-6,10,13H,1-4,7-9,11,17H2. The van der Waals surface area contributed by atoms with Crippen molar-refractivity contribution in [1.82, 2.24) is 9.80 Å². The van der Waals surface area contributed by atoms with Gasteiger partial charge in [-0.25, -0.2) is 0 Å². The van der Waals surface area contributed by atoms with Gasteiger partial charge in [0, 0.05) is 30.8 Å². The molecular formula is C16H22N4O3. The number of rotatable bonds is 4. The Bertz CT molecular complexity index is 613. The molecule has 2 fully saturated rings. The Morgan fingerprint density at radius 2 is 2.00 bits per heavy atom. The number of hydrogen-bond donors (Lipinski definition) is 1. The minimum Gasteiger partial charge on any atom is -0.393 e. The lowest BCUT2D eigenvalue weighted by atomic mass is 10.1.